The number of anilines is 1. The molecule has 1 aromatic heterocycles. The molecule has 0 aliphatic carbocycles. The molecule has 4 aromatic rings. The van der Waals surface area contributed by atoms with Gasteiger partial charge in [0.05, 0.1) is 29.0 Å². The number of ether oxygens (including phenoxy) is 1. The Kier molecular flexibility index (Phi) is 5.55. The first kappa shape index (κ1) is 20.4. The summed E-state index contributed by atoms with van der Waals surface area (Å²) in [5.41, 5.74) is 1.95. The topological polar surface area (TPSA) is 90.3 Å². The zero-order valence-corrected chi connectivity index (χ0v) is 17.4. The Hall–Kier alpha value is -3.91. The summed E-state index contributed by atoms with van der Waals surface area (Å²) in [7, 11) is -2.54. The number of carbonyl (C=O) groups is 1. The van der Waals surface area contributed by atoms with Gasteiger partial charge in [-0.3, -0.25) is 4.72 Å². The number of benzene rings is 3. The van der Waals surface area contributed by atoms with Gasteiger partial charge in [0.2, 0.25) is 0 Å². The van der Waals surface area contributed by atoms with Crippen molar-refractivity contribution in [3.8, 4) is 16.9 Å². The molecule has 0 amide bonds. The Morgan fingerprint density at radius 1 is 0.903 bits per heavy atom. The van der Waals surface area contributed by atoms with Crippen LogP contribution in [0.3, 0.4) is 0 Å². The van der Waals surface area contributed by atoms with Crippen molar-refractivity contribution >= 4 is 21.8 Å². The number of esters is 1. The lowest BCUT2D eigenvalue weighted by Crippen LogP contribution is -2.15. The fraction of sp³-hybridized carbons (Fsp3) is 0.0435. The zero-order chi connectivity index (χ0) is 21.8. The van der Waals surface area contributed by atoms with E-state index in [1.165, 1.54) is 23.9 Å². The van der Waals surface area contributed by atoms with E-state index in [0.717, 1.165) is 0 Å². The van der Waals surface area contributed by atoms with Gasteiger partial charge < -0.3 is 4.74 Å². The van der Waals surface area contributed by atoms with Gasteiger partial charge in [-0.1, -0.05) is 54.6 Å². The molecule has 0 atom stereocenters. The molecule has 0 bridgehead atoms. The Labute approximate surface area is 180 Å². The Morgan fingerprint density at radius 3 is 2.19 bits per heavy atom. The monoisotopic (exact) mass is 433 g/mol. The van der Waals surface area contributed by atoms with Crippen molar-refractivity contribution in [3.05, 3.63) is 96.6 Å². The number of nitrogens with zero attached hydrogens (tertiary/aromatic N) is 2. The molecule has 1 N–H and O–H groups in total. The SMILES string of the molecule is COC(=O)c1ccccc1-c1cc(NS(=O)(=O)c2ccccc2)n(-c2ccccc2)n1. The predicted molar refractivity (Wildman–Crippen MR) is 118 cm³/mol. The third-order valence-corrected chi connectivity index (χ3v) is 5.98. The maximum Gasteiger partial charge on any atom is 0.338 e. The molecule has 7 nitrogen and oxygen atoms in total. The molecule has 0 aliphatic rings. The summed E-state index contributed by atoms with van der Waals surface area (Å²) >= 11 is 0. The van der Waals surface area contributed by atoms with Crippen LogP contribution in [-0.2, 0) is 14.8 Å². The van der Waals surface area contributed by atoms with E-state index in [1.54, 1.807) is 48.5 Å². The van der Waals surface area contributed by atoms with Gasteiger partial charge in [-0.05, 0) is 30.3 Å². The highest BCUT2D eigenvalue weighted by atomic mass is 32.2. The molecule has 1 heterocycles. The maximum atomic E-state index is 12.9. The molecular formula is C23H19N3O4S. The van der Waals surface area contributed by atoms with Crippen molar-refractivity contribution in [2.75, 3.05) is 11.8 Å². The standard InChI is InChI=1S/C23H19N3O4S/c1-30-23(27)20-15-9-8-14-19(20)21-16-22(26(24-21)17-10-4-2-5-11-17)25-31(28,29)18-12-6-3-7-13-18/h2-16,25H,1H3. The highest BCUT2D eigenvalue weighted by Gasteiger charge is 2.21. The zero-order valence-electron chi connectivity index (χ0n) is 16.6. The van der Waals surface area contributed by atoms with Crippen LogP contribution in [0.1, 0.15) is 10.4 Å². The van der Waals surface area contributed by atoms with Crippen LogP contribution in [0.5, 0.6) is 0 Å². The van der Waals surface area contributed by atoms with Crippen molar-refractivity contribution in [1.29, 1.82) is 0 Å². The number of nitrogens with one attached hydrogen (secondary N) is 1. The van der Waals surface area contributed by atoms with Crippen molar-refractivity contribution in [2.24, 2.45) is 0 Å². The van der Waals surface area contributed by atoms with E-state index in [2.05, 4.69) is 9.82 Å². The number of hydrogen-bond acceptors (Lipinski definition) is 5. The molecule has 0 saturated heterocycles. The number of methoxy groups -OCH3 is 1. The number of sulfonamides is 1. The summed E-state index contributed by atoms with van der Waals surface area (Å²) < 4.78 is 34.8. The van der Waals surface area contributed by atoms with Gasteiger partial charge >= 0.3 is 5.97 Å². The molecular weight excluding hydrogens is 414 g/mol. The van der Waals surface area contributed by atoms with E-state index in [0.29, 0.717) is 22.5 Å². The highest BCUT2D eigenvalue weighted by Crippen LogP contribution is 2.29. The van der Waals surface area contributed by atoms with Crippen LogP contribution < -0.4 is 4.72 Å². The maximum absolute atomic E-state index is 12.9. The lowest BCUT2D eigenvalue weighted by Gasteiger charge is -2.10. The van der Waals surface area contributed by atoms with Crippen molar-refractivity contribution in [1.82, 2.24) is 9.78 Å². The number of hydrogen-bond donors (Lipinski definition) is 1. The minimum absolute atomic E-state index is 0.132. The van der Waals surface area contributed by atoms with Crippen molar-refractivity contribution < 1.29 is 17.9 Å². The summed E-state index contributed by atoms with van der Waals surface area (Å²) in [6.07, 6.45) is 0. The van der Waals surface area contributed by atoms with E-state index >= 15 is 0 Å². The molecule has 31 heavy (non-hydrogen) atoms. The number of rotatable bonds is 6. The summed E-state index contributed by atoms with van der Waals surface area (Å²) in [5, 5.41) is 4.59. The Morgan fingerprint density at radius 2 is 1.52 bits per heavy atom. The van der Waals surface area contributed by atoms with Crippen LogP contribution in [0.25, 0.3) is 16.9 Å². The quantitative estimate of drug-likeness (QED) is 0.462. The van der Waals surface area contributed by atoms with Gasteiger partial charge in [0.1, 0.15) is 5.82 Å². The minimum Gasteiger partial charge on any atom is -0.465 e. The Bertz CT molecular complexity index is 1320. The summed E-state index contributed by atoms with van der Waals surface area (Å²) in [5.74, 6) is -0.263. The molecule has 0 radical (unpaired) electrons. The second kappa shape index (κ2) is 8.45. The summed E-state index contributed by atoms with van der Waals surface area (Å²) in [4.78, 5) is 12.3. The lowest BCUT2D eigenvalue weighted by molar-refractivity contribution is 0.0601. The van der Waals surface area contributed by atoms with Crippen molar-refractivity contribution in [2.45, 2.75) is 4.90 Å². The first-order valence-electron chi connectivity index (χ1n) is 9.40. The Balaban J connectivity index is 1.85. The van der Waals surface area contributed by atoms with Crippen LogP contribution in [0.2, 0.25) is 0 Å². The molecule has 0 saturated carbocycles. The minimum atomic E-state index is -3.85. The van der Waals surface area contributed by atoms with E-state index in [-0.39, 0.29) is 10.7 Å². The van der Waals surface area contributed by atoms with Gasteiger partial charge in [-0.15, -0.1) is 0 Å². The molecule has 4 rings (SSSR count). The van der Waals surface area contributed by atoms with Gasteiger partial charge in [0, 0.05) is 11.6 Å². The first-order valence-corrected chi connectivity index (χ1v) is 10.9. The third kappa shape index (κ3) is 4.19. The van der Waals surface area contributed by atoms with E-state index < -0.39 is 16.0 Å². The third-order valence-electron chi connectivity index (χ3n) is 4.61. The van der Waals surface area contributed by atoms with Gasteiger partial charge in [0.15, 0.2) is 0 Å². The average molecular weight is 433 g/mol. The molecule has 8 heteroatoms. The average Bonchev–Trinajstić information content (AvgIpc) is 3.22. The van der Waals surface area contributed by atoms with Gasteiger partial charge in [-0.25, -0.2) is 17.9 Å². The summed E-state index contributed by atoms with van der Waals surface area (Å²) in [6, 6.07) is 25.7. The van der Waals surface area contributed by atoms with Crippen LogP contribution >= 0.6 is 0 Å². The fourth-order valence-electron chi connectivity index (χ4n) is 3.14. The van der Waals surface area contributed by atoms with E-state index in [4.69, 9.17) is 4.74 Å². The second-order valence-electron chi connectivity index (χ2n) is 6.62. The highest BCUT2D eigenvalue weighted by molar-refractivity contribution is 7.92. The molecule has 0 spiro atoms. The molecule has 156 valence electrons. The van der Waals surface area contributed by atoms with Gasteiger partial charge in [-0.2, -0.15) is 5.10 Å². The van der Waals surface area contributed by atoms with Gasteiger partial charge in [0.25, 0.3) is 10.0 Å². The van der Waals surface area contributed by atoms with Crippen LogP contribution in [0.4, 0.5) is 5.82 Å². The van der Waals surface area contributed by atoms with Crippen LogP contribution in [0, 0.1) is 0 Å². The molecule has 0 unspecified atom stereocenters. The smallest absolute Gasteiger partial charge is 0.338 e. The first-order chi connectivity index (χ1) is 15.0. The summed E-state index contributed by atoms with van der Waals surface area (Å²) in [6.45, 7) is 0. The number of carbonyl (C=O) groups excluding carboxylic acids is 1. The van der Waals surface area contributed by atoms with E-state index in [9.17, 15) is 13.2 Å². The fourth-order valence-corrected chi connectivity index (χ4v) is 4.20. The molecule has 0 fully saturated rings. The molecule has 3 aromatic carbocycles. The van der Waals surface area contributed by atoms with Crippen LogP contribution in [0.15, 0.2) is 95.9 Å². The normalized spacial score (nSPS) is 11.1. The molecule has 0 aliphatic heterocycles. The van der Waals surface area contributed by atoms with E-state index in [1.807, 2.05) is 30.3 Å². The lowest BCUT2D eigenvalue weighted by atomic mass is 10.0. The largest absolute Gasteiger partial charge is 0.465 e. The van der Waals surface area contributed by atoms with Crippen LogP contribution in [-0.4, -0.2) is 31.3 Å². The predicted octanol–water partition coefficient (Wildman–Crippen LogP) is 4.13. The van der Waals surface area contributed by atoms with Crippen molar-refractivity contribution in [3.63, 3.8) is 0 Å². The number of aromatic nitrogens is 2. The number of para-hydroxylation sites is 1. The second-order valence-corrected chi connectivity index (χ2v) is 8.30.